The molecule has 4 nitrogen and oxygen atoms in total. The molecule has 4 heteroatoms. The third kappa shape index (κ3) is 2.29. The Hall–Kier alpha value is -1.68. The number of hydrogen-bond donors (Lipinski definition) is 1. The Labute approximate surface area is 106 Å². The summed E-state index contributed by atoms with van der Waals surface area (Å²) in [4.78, 5) is 16.3. The van der Waals surface area contributed by atoms with Gasteiger partial charge < -0.3 is 9.67 Å². The van der Waals surface area contributed by atoms with Gasteiger partial charge in [0.1, 0.15) is 11.4 Å². The van der Waals surface area contributed by atoms with Gasteiger partial charge in [0, 0.05) is 6.54 Å². The number of nitrogens with zero attached hydrogens (tertiary/aromatic N) is 2. The largest absolute Gasteiger partial charge is 0.383 e. The molecule has 0 radical (unpaired) electrons. The highest BCUT2D eigenvalue weighted by molar-refractivity contribution is 5.88. The lowest BCUT2D eigenvalue weighted by atomic mass is 10.0. The molecule has 0 aliphatic rings. The van der Waals surface area contributed by atoms with Crippen LogP contribution in [0.3, 0.4) is 0 Å². The van der Waals surface area contributed by atoms with Crippen LogP contribution in [0.2, 0.25) is 0 Å². The van der Waals surface area contributed by atoms with Crippen LogP contribution in [0.15, 0.2) is 24.3 Å². The van der Waals surface area contributed by atoms with Gasteiger partial charge in [0.15, 0.2) is 5.78 Å². The first-order valence-corrected chi connectivity index (χ1v) is 6.13. The maximum Gasteiger partial charge on any atom is 0.171 e. The van der Waals surface area contributed by atoms with Crippen molar-refractivity contribution in [2.45, 2.75) is 39.3 Å². The predicted molar refractivity (Wildman–Crippen MR) is 70.4 cm³/mol. The molecule has 96 valence electrons. The molecule has 1 N–H and O–H groups in total. The topological polar surface area (TPSA) is 55.1 Å². The van der Waals surface area contributed by atoms with Crippen LogP contribution >= 0.6 is 0 Å². The maximum atomic E-state index is 11.9. The van der Waals surface area contributed by atoms with Crippen molar-refractivity contribution in [2.75, 3.05) is 0 Å². The van der Waals surface area contributed by atoms with Gasteiger partial charge in [0.2, 0.25) is 0 Å². The van der Waals surface area contributed by atoms with Crippen molar-refractivity contribution >= 4 is 16.8 Å². The number of Topliss-reactive ketones (excluding diaryl/α,β-unsaturated/α-hetero) is 1. The van der Waals surface area contributed by atoms with Gasteiger partial charge in [-0.2, -0.15) is 0 Å². The summed E-state index contributed by atoms with van der Waals surface area (Å²) < 4.78 is 2.01. The highest BCUT2D eigenvalue weighted by atomic mass is 16.3. The first-order chi connectivity index (χ1) is 8.43. The molecule has 0 saturated heterocycles. The minimum absolute atomic E-state index is 0.159. The summed E-state index contributed by atoms with van der Waals surface area (Å²) in [5.41, 5.74) is 0.605. The van der Waals surface area contributed by atoms with Crippen LogP contribution in [0.1, 0.15) is 26.6 Å². The summed E-state index contributed by atoms with van der Waals surface area (Å²) in [7, 11) is 0. The average Bonchev–Trinajstić information content (AvgIpc) is 2.64. The van der Waals surface area contributed by atoms with Crippen molar-refractivity contribution in [1.29, 1.82) is 0 Å². The number of fused-ring (bicyclic) bond motifs is 1. The van der Waals surface area contributed by atoms with Gasteiger partial charge in [-0.3, -0.25) is 4.79 Å². The van der Waals surface area contributed by atoms with Crippen molar-refractivity contribution in [3.8, 4) is 0 Å². The number of para-hydroxylation sites is 2. The molecular weight excluding hydrogens is 228 g/mol. The molecule has 1 heterocycles. The summed E-state index contributed by atoms with van der Waals surface area (Å²) in [5, 5.41) is 9.70. The van der Waals surface area contributed by atoms with E-state index in [1.165, 1.54) is 13.8 Å². The second kappa shape index (κ2) is 4.53. The monoisotopic (exact) mass is 246 g/mol. The number of aryl methyl sites for hydroxylation is 1. The number of hydrogen-bond acceptors (Lipinski definition) is 3. The molecule has 0 amide bonds. The number of ketones is 1. The van der Waals surface area contributed by atoms with Crippen LogP contribution in [-0.4, -0.2) is 26.0 Å². The van der Waals surface area contributed by atoms with Gasteiger partial charge in [-0.1, -0.05) is 12.1 Å². The quantitative estimate of drug-likeness (QED) is 0.897. The standard InChI is InChI=1S/C14H18N2O2/c1-4-16-11-8-6-5-7-10(11)15-13(16)9-12(17)14(2,3)18/h5-8,18H,4,9H2,1-3H3. The zero-order valence-electron chi connectivity index (χ0n) is 11.0. The van der Waals surface area contributed by atoms with Crippen LogP contribution < -0.4 is 0 Å². The smallest absolute Gasteiger partial charge is 0.171 e. The molecule has 2 aromatic rings. The summed E-state index contributed by atoms with van der Waals surface area (Å²) in [6, 6.07) is 7.80. The highest BCUT2D eigenvalue weighted by Crippen LogP contribution is 2.18. The van der Waals surface area contributed by atoms with Gasteiger partial charge in [-0.15, -0.1) is 0 Å². The number of benzene rings is 1. The van der Waals surface area contributed by atoms with E-state index in [0.29, 0.717) is 5.82 Å². The maximum absolute atomic E-state index is 11.9. The van der Waals surface area contributed by atoms with E-state index in [9.17, 15) is 9.90 Å². The van der Waals surface area contributed by atoms with E-state index in [-0.39, 0.29) is 12.2 Å². The molecule has 0 aliphatic heterocycles. The fraction of sp³-hybridized carbons (Fsp3) is 0.429. The molecule has 0 spiro atoms. The molecule has 0 saturated carbocycles. The Balaban J connectivity index is 2.42. The lowest BCUT2D eigenvalue weighted by Gasteiger charge is -2.15. The SMILES string of the molecule is CCn1c(CC(=O)C(C)(C)O)nc2ccccc21. The number of aliphatic hydroxyl groups is 1. The van der Waals surface area contributed by atoms with E-state index < -0.39 is 5.60 Å². The van der Waals surface area contributed by atoms with Gasteiger partial charge in [-0.25, -0.2) is 4.98 Å². The molecule has 18 heavy (non-hydrogen) atoms. The van der Waals surface area contributed by atoms with E-state index >= 15 is 0 Å². The van der Waals surface area contributed by atoms with Crippen LogP contribution in [0, 0.1) is 0 Å². The lowest BCUT2D eigenvalue weighted by molar-refractivity contribution is -0.133. The first-order valence-electron chi connectivity index (χ1n) is 6.13. The number of carbonyl (C=O) groups is 1. The van der Waals surface area contributed by atoms with Gasteiger partial charge in [-0.05, 0) is 32.9 Å². The first kappa shape index (κ1) is 12.8. The number of rotatable bonds is 4. The van der Waals surface area contributed by atoms with Gasteiger partial charge in [0.05, 0.1) is 17.5 Å². The van der Waals surface area contributed by atoms with Crippen molar-refractivity contribution in [2.24, 2.45) is 0 Å². The lowest BCUT2D eigenvalue weighted by Crippen LogP contribution is -2.33. The summed E-state index contributed by atoms with van der Waals surface area (Å²) in [6.07, 6.45) is 0.159. The Bertz CT molecular complexity index is 579. The Morgan fingerprint density at radius 2 is 2.06 bits per heavy atom. The molecule has 1 aromatic carbocycles. The third-order valence-corrected chi connectivity index (χ3v) is 3.05. The molecule has 0 atom stereocenters. The molecule has 0 aliphatic carbocycles. The van der Waals surface area contributed by atoms with E-state index in [1.807, 2.05) is 35.8 Å². The molecule has 2 rings (SSSR count). The van der Waals surface area contributed by atoms with Gasteiger partial charge in [0.25, 0.3) is 0 Å². The van der Waals surface area contributed by atoms with Gasteiger partial charge >= 0.3 is 0 Å². The normalized spacial score (nSPS) is 12.0. The number of carbonyl (C=O) groups excluding carboxylic acids is 1. The average molecular weight is 246 g/mol. The van der Waals surface area contributed by atoms with Crippen molar-refractivity contribution in [3.63, 3.8) is 0 Å². The second-order valence-electron chi connectivity index (χ2n) is 4.92. The molecular formula is C14H18N2O2. The zero-order valence-corrected chi connectivity index (χ0v) is 11.0. The fourth-order valence-electron chi connectivity index (χ4n) is 1.97. The van der Waals surface area contributed by atoms with E-state index in [4.69, 9.17) is 0 Å². The summed E-state index contributed by atoms with van der Waals surface area (Å²) in [6.45, 7) is 5.80. The zero-order chi connectivity index (χ0) is 13.3. The fourth-order valence-corrected chi connectivity index (χ4v) is 1.97. The minimum Gasteiger partial charge on any atom is -0.383 e. The van der Waals surface area contributed by atoms with Crippen LogP contribution in [-0.2, 0) is 17.8 Å². The minimum atomic E-state index is -1.31. The highest BCUT2D eigenvalue weighted by Gasteiger charge is 2.25. The third-order valence-electron chi connectivity index (χ3n) is 3.05. The van der Waals surface area contributed by atoms with Crippen LogP contribution in [0.4, 0.5) is 0 Å². The Kier molecular flexibility index (Phi) is 3.22. The number of aromatic nitrogens is 2. The summed E-state index contributed by atoms with van der Waals surface area (Å²) in [5.74, 6) is 0.498. The van der Waals surface area contributed by atoms with E-state index in [2.05, 4.69) is 4.98 Å². The molecule has 0 bridgehead atoms. The Morgan fingerprint density at radius 1 is 1.39 bits per heavy atom. The van der Waals surface area contributed by atoms with Crippen molar-refractivity contribution in [3.05, 3.63) is 30.1 Å². The predicted octanol–water partition coefficient (Wildman–Crippen LogP) is 1.94. The van der Waals surface area contributed by atoms with Crippen molar-refractivity contribution < 1.29 is 9.90 Å². The van der Waals surface area contributed by atoms with Crippen LogP contribution in [0.25, 0.3) is 11.0 Å². The van der Waals surface area contributed by atoms with E-state index in [1.54, 1.807) is 0 Å². The molecule has 0 unspecified atom stereocenters. The summed E-state index contributed by atoms with van der Waals surface area (Å²) >= 11 is 0. The molecule has 1 aromatic heterocycles. The van der Waals surface area contributed by atoms with Crippen molar-refractivity contribution in [1.82, 2.24) is 9.55 Å². The second-order valence-corrected chi connectivity index (χ2v) is 4.92. The van der Waals surface area contributed by atoms with Crippen LogP contribution in [0.5, 0.6) is 0 Å². The molecule has 0 fully saturated rings. The Morgan fingerprint density at radius 3 is 2.67 bits per heavy atom. The van der Waals surface area contributed by atoms with E-state index in [0.717, 1.165) is 17.6 Å². The number of imidazole rings is 1.